The molecule has 0 fully saturated rings. The van der Waals surface area contributed by atoms with Gasteiger partial charge in [-0.15, -0.1) is 0 Å². The lowest BCUT2D eigenvalue weighted by molar-refractivity contribution is 0.664. The van der Waals surface area contributed by atoms with Crippen molar-refractivity contribution in [1.82, 2.24) is 0 Å². The molecule has 0 saturated heterocycles. The van der Waals surface area contributed by atoms with E-state index in [0.717, 1.165) is 78.5 Å². The number of allylic oxidation sites excluding steroid dienone is 3. The Morgan fingerprint density at radius 2 is 1.02 bits per heavy atom. The summed E-state index contributed by atoms with van der Waals surface area (Å²) >= 11 is 0. The maximum absolute atomic E-state index is 6.92. The van der Waals surface area contributed by atoms with Gasteiger partial charge in [0.15, 0.2) is 0 Å². The first-order chi connectivity index (χ1) is 27.7. The van der Waals surface area contributed by atoms with Crippen LogP contribution in [0.3, 0.4) is 0 Å². The molecule has 2 aromatic heterocycles. The molecule has 1 aliphatic carbocycles. The van der Waals surface area contributed by atoms with Gasteiger partial charge in [0, 0.05) is 44.2 Å². The second-order valence-electron chi connectivity index (χ2n) is 14.4. The number of anilines is 3. The van der Waals surface area contributed by atoms with Crippen molar-refractivity contribution in [1.29, 1.82) is 0 Å². The van der Waals surface area contributed by atoms with Crippen molar-refractivity contribution >= 4 is 67.0 Å². The third-order valence-corrected chi connectivity index (χ3v) is 11.1. The quantitative estimate of drug-likeness (QED) is 0.171. The summed E-state index contributed by atoms with van der Waals surface area (Å²) in [5, 5.41) is 4.22. The summed E-state index contributed by atoms with van der Waals surface area (Å²) in [4.78, 5) is 2.33. The maximum atomic E-state index is 6.92. The monoisotopic (exact) mass is 717 g/mol. The molecule has 11 rings (SSSR count). The highest BCUT2D eigenvalue weighted by Crippen LogP contribution is 2.47. The standard InChI is InChI=1S/C53H35NO2/c1-4-12-35(13-5-1)38-22-26-42(27-23-38)54(43-28-24-39(25-29-43)36-14-6-2-7-15-36)44-30-31-49-46(33-44)47-34-50-52(45-18-10-11-19-48(45)55-50)51(53(47)56-49)41-21-20-37-16-8-3-9-17-40(37)32-41/h1-16,18-34H,17H2. The topological polar surface area (TPSA) is 29.5 Å². The number of furan rings is 2. The van der Waals surface area contributed by atoms with Gasteiger partial charge in [-0.2, -0.15) is 0 Å². The number of benzene rings is 8. The first kappa shape index (κ1) is 32.1. The van der Waals surface area contributed by atoms with Crippen LogP contribution in [0.1, 0.15) is 11.1 Å². The van der Waals surface area contributed by atoms with E-state index in [9.17, 15) is 0 Å². The van der Waals surface area contributed by atoms with Crippen molar-refractivity contribution in [3.05, 3.63) is 205 Å². The Morgan fingerprint density at radius 3 is 1.73 bits per heavy atom. The molecular formula is C53H35NO2. The van der Waals surface area contributed by atoms with E-state index in [1.165, 1.54) is 33.4 Å². The summed E-state index contributed by atoms with van der Waals surface area (Å²) < 4.78 is 13.5. The summed E-state index contributed by atoms with van der Waals surface area (Å²) in [6.45, 7) is 0. The molecule has 0 N–H and O–H groups in total. The second-order valence-corrected chi connectivity index (χ2v) is 14.4. The molecule has 0 unspecified atom stereocenters. The van der Waals surface area contributed by atoms with E-state index in [4.69, 9.17) is 8.83 Å². The SMILES string of the molecule is C1=CCc2cc(-c3c4oc5ccc(N(c6ccc(-c7ccccc7)cc6)c6ccc(-c7ccccc7)cc6)cc5c4cc4oc5ccccc5c34)ccc2C=C1. The molecule has 0 aliphatic heterocycles. The van der Waals surface area contributed by atoms with Crippen LogP contribution in [0.4, 0.5) is 17.1 Å². The number of para-hydroxylation sites is 1. The maximum Gasteiger partial charge on any atom is 0.144 e. The van der Waals surface area contributed by atoms with E-state index in [1.54, 1.807) is 0 Å². The minimum absolute atomic E-state index is 0.835. The Morgan fingerprint density at radius 1 is 0.411 bits per heavy atom. The Labute approximate surface area is 324 Å². The molecule has 0 atom stereocenters. The van der Waals surface area contributed by atoms with Gasteiger partial charge in [0.1, 0.15) is 22.3 Å². The molecule has 0 amide bonds. The van der Waals surface area contributed by atoms with Crippen LogP contribution < -0.4 is 4.90 Å². The fourth-order valence-corrected chi connectivity index (χ4v) is 8.36. The molecule has 3 heteroatoms. The van der Waals surface area contributed by atoms with Crippen LogP contribution in [0.2, 0.25) is 0 Å². The van der Waals surface area contributed by atoms with Crippen molar-refractivity contribution in [3.8, 4) is 33.4 Å². The molecule has 0 radical (unpaired) electrons. The highest BCUT2D eigenvalue weighted by molar-refractivity contribution is 6.23. The molecule has 0 bridgehead atoms. The molecule has 3 nitrogen and oxygen atoms in total. The summed E-state index contributed by atoms with van der Waals surface area (Å²) in [5.74, 6) is 0. The van der Waals surface area contributed by atoms with Crippen molar-refractivity contribution < 1.29 is 8.83 Å². The molecule has 10 aromatic rings. The Kier molecular flexibility index (Phi) is 7.56. The fraction of sp³-hybridized carbons (Fsp3) is 0.0189. The van der Waals surface area contributed by atoms with E-state index >= 15 is 0 Å². The highest BCUT2D eigenvalue weighted by Gasteiger charge is 2.23. The van der Waals surface area contributed by atoms with Gasteiger partial charge in [0.05, 0.1) is 0 Å². The molecule has 8 aromatic carbocycles. The minimum Gasteiger partial charge on any atom is -0.456 e. The Balaban J connectivity index is 1.11. The summed E-state index contributed by atoms with van der Waals surface area (Å²) in [5.41, 5.74) is 16.0. The summed E-state index contributed by atoms with van der Waals surface area (Å²) in [7, 11) is 0. The van der Waals surface area contributed by atoms with Gasteiger partial charge in [0.25, 0.3) is 0 Å². The third-order valence-electron chi connectivity index (χ3n) is 11.1. The zero-order valence-corrected chi connectivity index (χ0v) is 30.5. The van der Waals surface area contributed by atoms with Gasteiger partial charge in [-0.1, -0.05) is 146 Å². The van der Waals surface area contributed by atoms with Crippen LogP contribution >= 0.6 is 0 Å². The lowest BCUT2D eigenvalue weighted by atomic mass is 9.93. The molecule has 0 spiro atoms. The van der Waals surface area contributed by atoms with Crippen molar-refractivity contribution in [2.24, 2.45) is 0 Å². The van der Waals surface area contributed by atoms with E-state index in [0.29, 0.717) is 0 Å². The van der Waals surface area contributed by atoms with Crippen molar-refractivity contribution in [2.75, 3.05) is 4.90 Å². The van der Waals surface area contributed by atoms with E-state index < -0.39 is 0 Å². The zero-order chi connectivity index (χ0) is 37.0. The van der Waals surface area contributed by atoms with Crippen LogP contribution in [0.15, 0.2) is 203 Å². The van der Waals surface area contributed by atoms with Crippen LogP contribution in [0.25, 0.3) is 83.3 Å². The largest absolute Gasteiger partial charge is 0.456 e. The zero-order valence-electron chi connectivity index (χ0n) is 30.5. The summed E-state index contributed by atoms with van der Waals surface area (Å²) in [6.07, 6.45) is 9.51. The van der Waals surface area contributed by atoms with Crippen molar-refractivity contribution in [2.45, 2.75) is 6.42 Å². The molecule has 1 aliphatic rings. The average Bonchev–Trinajstić information content (AvgIpc) is 3.71. The number of fused-ring (bicyclic) bond motifs is 7. The number of hydrogen-bond donors (Lipinski definition) is 0. The van der Waals surface area contributed by atoms with Crippen LogP contribution in [-0.2, 0) is 6.42 Å². The smallest absolute Gasteiger partial charge is 0.144 e. The predicted octanol–water partition coefficient (Wildman–Crippen LogP) is 15.1. The first-order valence-corrected chi connectivity index (χ1v) is 19.1. The normalized spacial score (nSPS) is 12.4. The fourth-order valence-electron chi connectivity index (χ4n) is 8.36. The van der Waals surface area contributed by atoms with Crippen LogP contribution in [-0.4, -0.2) is 0 Å². The number of rotatable bonds is 6. The second kappa shape index (κ2) is 13.2. The Bertz CT molecular complexity index is 3050. The van der Waals surface area contributed by atoms with Gasteiger partial charge < -0.3 is 13.7 Å². The average molecular weight is 718 g/mol. The van der Waals surface area contributed by atoms with E-state index in [1.807, 2.05) is 12.1 Å². The molecule has 56 heavy (non-hydrogen) atoms. The summed E-state index contributed by atoms with van der Waals surface area (Å²) in [6, 6.07) is 62.5. The van der Waals surface area contributed by atoms with Gasteiger partial charge in [-0.05, 0) is 100.0 Å². The van der Waals surface area contributed by atoms with Gasteiger partial charge in [0.2, 0.25) is 0 Å². The highest BCUT2D eigenvalue weighted by atomic mass is 16.3. The lowest BCUT2D eigenvalue weighted by Gasteiger charge is -2.26. The van der Waals surface area contributed by atoms with E-state index in [2.05, 4.69) is 193 Å². The number of nitrogens with zero attached hydrogens (tertiary/aromatic N) is 1. The van der Waals surface area contributed by atoms with E-state index in [-0.39, 0.29) is 0 Å². The van der Waals surface area contributed by atoms with Gasteiger partial charge >= 0.3 is 0 Å². The number of hydrogen-bond acceptors (Lipinski definition) is 3. The predicted molar refractivity (Wildman–Crippen MR) is 234 cm³/mol. The van der Waals surface area contributed by atoms with Gasteiger partial charge in [-0.25, -0.2) is 0 Å². The van der Waals surface area contributed by atoms with Crippen LogP contribution in [0, 0.1) is 0 Å². The molecular weight excluding hydrogens is 683 g/mol. The molecule has 264 valence electrons. The van der Waals surface area contributed by atoms with Crippen molar-refractivity contribution in [3.63, 3.8) is 0 Å². The molecule has 2 heterocycles. The third kappa shape index (κ3) is 5.44. The Hall–Kier alpha value is -7.36. The first-order valence-electron chi connectivity index (χ1n) is 19.1. The molecule has 0 saturated carbocycles. The minimum atomic E-state index is 0.835. The van der Waals surface area contributed by atoms with Crippen LogP contribution in [0.5, 0.6) is 0 Å². The van der Waals surface area contributed by atoms with Gasteiger partial charge in [-0.3, -0.25) is 0 Å². The lowest BCUT2D eigenvalue weighted by Crippen LogP contribution is -2.09.